The Hall–Kier alpha value is -2.76. The van der Waals surface area contributed by atoms with Crippen LogP contribution in [0.4, 0.5) is 14.5 Å². The summed E-state index contributed by atoms with van der Waals surface area (Å²) < 4.78 is 26.9. The number of halogens is 2. The van der Waals surface area contributed by atoms with Crippen molar-refractivity contribution < 1.29 is 18.4 Å². The number of hydrogen-bond donors (Lipinski definition) is 0. The molecule has 1 atom stereocenters. The molecule has 2 aromatic carbocycles. The van der Waals surface area contributed by atoms with Gasteiger partial charge in [0.25, 0.3) is 0 Å². The number of hydrogen-bond acceptors (Lipinski definition) is 2. The van der Waals surface area contributed by atoms with Crippen molar-refractivity contribution in [3.05, 3.63) is 65.7 Å². The first-order valence-electron chi connectivity index (χ1n) is 8.59. The molecular weight excluding hydrogens is 338 g/mol. The lowest BCUT2D eigenvalue weighted by Gasteiger charge is -2.24. The lowest BCUT2D eigenvalue weighted by Crippen LogP contribution is -2.39. The van der Waals surface area contributed by atoms with Crippen LogP contribution in [0.2, 0.25) is 0 Å². The topological polar surface area (TPSA) is 40.6 Å². The Morgan fingerprint density at radius 2 is 1.81 bits per heavy atom. The van der Waals surface area contributed by atoms with Crippen LogP contribution in [0.15, 0.2) is 48.5 Å². The van der Waals surface area contributed by atoms with Crippen molar-refractivity contribution in [2.75, 3.05) is 18.0 Å². The molecule has 1 unspecified atom stereocenters. The Bertz CT molecular complexity index is 790. The van der Waals surface area contributed by atoms with Crippen LogP contribution in [0.3, 0.4) is 0 Å². The van der Waals surface area contributed by atoms with E-state index in [0.29, 0.717) is 19.5 Å². The van der Waals surface area contributed by atoms with Crippen LogP contribution in [0.25, 0.3) is 0 Å². The molecule has 0 saturated carbocycles. The second-order valence-electron chi connectivity index (χ2n) is 6.30. The number of benzene rings is 2. The smallest absolute Gasteiger partial charge is 0.239 e. The minimum Gasteiger partial charge on any atom is -0.338 e. The van der Waals surface area contributed by atoms with Crippen molar-refractivity contribution >= 4 is 17.5 Å². The van der Waals surface area contributed by atoms with E-state index in [4.69, 9.17) is 0 Å². The Morgan fingerprint density at radius 3 is 2.42 bits per heavy atom. The van der Waals surface area contributed by atoms with Gasteiger partial charge < -0.3 is 9.80 Å². The van der Waals surface area contributed by atoms with Crippen LogP contribution in [0.1, 0.15) is 18.9 Å². The normalized spacial score (nSPS) is 16.8. The molecule has 1 aliphatic heterocycles. The van der Waals surface area contributed by atoms with Crippen molar-refractivity contribution in [3.63, 3.8) is 0 Å². The zero-order chi connectivity index (χ0) is 18.7. The average molecular weight is 358 g/mol. The molecule has 1 heterocycles. The third kappa shape index (κ3) is 3.74. The molecule has 1 aliphatic rings. The van der Waals surface area contributed by atoms with Gasteiger partial charge in [-0.1, -0.05) is 30.3 Å². The lowest BCUT2D eigenvalue weighted by molar-refractivity contribution is -0.140. The Kier molecular flexibility index (Phi) is 5.30. The maximum atomic E-state index is 13.4. The molecule has 1 fully saturated rings. The highest BCUT2D eigenvalue weighted by Crippen LogP contribution is 2.28. The van der Waals surface area contributed by atoms with Crippen LogP contribution in [-0.2, 0) is 16.1 Å². The number of rotatable bonds is 5. The van der Waals surface area contributed by atoms with E-state index in [1.807, 2.05) is 37.3 Å². The SMILES string of the molecule is CCN(Cc1ccccc1)C(=O)C1CCN(c2cc(F)cc(F)c2)C1=O. The van der Waals surface area contributed by atoms with Crippen LogP contribution in [0, 0.1) is 17.6 Å². The van der Waals surface area contributed by atoms with E-state index in [9.17, 15) is 18.4 Å². The molecular formula is C20H20F2N2O2. The molecule has 0 spiro atoms. The number of nitrogens with zero attached hydrogens (tertiary/aromatic N) is 2. The maximum absolute atomic E-state index is 13.4. The van der Waals surface area contributed by atoms with Gasteiger partial charge in [-0.3, -0.25) is 9.59 Å². The Morgan fingerprint density at radius 1 is 1.15 bits per heavy atom. The van der Waals surface area contributed by atoms with Crippen LogP contribution in [-0.4, -0.2) is 29.8 Å². The van der Waals surface area contributed by atoms with Gasteiger partial charge in [-0.05, 0) is 31.0 Å². The highest BCUT2D eigenvalue weighted by Gasteiger charge is 2.39. The molecule has 0 radical (unpaired) electrons. The first-order valence-corrected chi connectivity index (χ1v) is 8.59. The average Bonchev–Trinajstić information content (AvgIpc) is 3.00. The Balaban J connectivity index is 1.75. The summed E-state index contributed by atoms with van der Waals surface area (Å²) in [5.74, 6) is -2.97. The molecule has 0 bridgehead atoms. The van der Waals surface area contributed by atoms with Gasteiger partial charge in [0.2, 0.25) is 11.8 Å². The minimum absolute atomic E-state index is 0.147. The predicted octanol–water partition coefficient (Wildman–Crippen LogP) is 3.37. The third-order valence-corrected chi connectivity index (χ3v) is 4.57. The van der Waals surface area contributed by atoms with Crippen LogP contribution >= 0.6 is 0 Å². The summed E-state index contributed by atoms with van der Waals surface area (Å²) in [6.07, 6.45) is 0.334. The van der Waals surface area contributed by atoms with Crippen molar-refractivity contribution in [3.8, 4) is 0 Å². The summed E-state index contributed by atoms with van der Waals surface area (Å²) in [7, 11) is 0. The number of amides is 2. The molecule has 0 N–H and O–H groups in total. The molecule has 0 aliphatic carbocycles. The van der Waals surface area contributed by atoms with E-state index in [-0.39, 0.29) is 18.1 Å². The summed E-state index contributed by atoms with van der Waals surface area (Å²) in [5, 5.41) is 0. The largest absolute Gasteiger partial charge is 0.338 e. The maximum Gasteiger partial charge on any atom is 0.239 e. The third-order valence-electron chi connectivity index (χ3n) is 4.57. The molecule has 4 nitrogen and oxygen atoms in total. The van der Waals surface area contributed by atoms with Gasteiger partial charge in [0, 0.05) is 31.4 Å². The van der Waals surface area contributed by atoms with Gasteiger partial charge in [0.1, 0.15) is 17.6 Å². The van der Waals surface area contributed by atoms with Gasteiger partial charge in [-0.2, -0.15) is 0 Å². The summed E-state index contributed by atoms with van der Waals surface area (Å²) in [5.41, 5.74) is 1.13. The second kappa shape index (κ2) is 7.64. The zero-order valence-corrected chi connectivity index (χ0v) is 14.5. The zero-order valence-electron chi connectivity index (χ0n) is 14.5. The van der Waals surface area contributed by atoms with Crippen LogP contribution in [0.5, 0.6) is 0 Å². The van der Waals surface area contributed by atoms with E-state index in [2.05, 4.69) is 0 Å². The summed E-state index contributed by atoms with van der Waals surface area (Å²) >= 11 is 0. The van der Waals surface area contributed by atoms with Gasteiger partial charge in [0.15, 0.2) is 0 Å². The number of carbonyl (C=O) groups is 2. The van der Waals surface area contributed by atoms with Gasteiger partial charge in [-0.25, -0.2) is 8.78 Å². The van der Waals surface area contributed by atoms with Crippen molar-refractivity contribution in [1.29, 1.82) is 0 Å². The molecule has 2 amide bonds. The van der Waals surface area contributed by atoms with E-state index >= 15 is 0 Å². The minimum atomic E-state index is -0.815. The number of carbonyl (C=O) groups excluding carboxylic acids is 2. The highest BCUT2D eigenvalue weighted by molar-refractivity contribution is 6.09. The molecule has 2 aromatic rings. The second-order valence-corrected chi connectivity index (χ2v) is 6.30. The number of anilines is 1. The van der Waals surface area contributed by atoms with E-state index < -0.39 is 23.5 Å². The van der Waals surface area contributed by atoms with E-state index in [1.54, 1.807) is 4.90 Å². The monoisotopic (exact) mass is 358 g/mol. The lowest BCUT2D eigenvalue weighted by atomic mass is 10.1. The quantitative estimate of drug-likeness (QED) is 0.769. The molecule has 0 aromatic heterocycles. The van der Waals surface area contributed by atoms with Gasteiger partial charge in [0.05, 0.1) is 0 Å². The molecule has 3 rings (SSSR count). The standard InChI is InChI=1S/C20H20F2N2O2/c1-2-23(13-14-6-4-3-5-7-14)19(25)18-8-9-24(20(18)26)17-11-15(21)10-16(22)12-17/h3-7,10-12,18H,2,8-9,13H2,1H3. The van der Waals surface area contributed by atoms with Gasteiger partial charge >= 0.3 is 0 Å². The van der Waals surface area contributed by atoms with Crippen LogP contribution < -0.4 is 4.90 Å². The molecule has 136 valence electrons. The first-order chi connectivity index (χ1) is 12.5. The van der Waals surface area contributed by atoms with Crippen molar-refractivity contribution in [2.45, 2.75) is 19.9 Å². The molecule has 1 saturated heterocycles. The fraction of sp³-hybridized carbons (Fsp3) is 0.300. The van der Waals surface area contributed by atoms with Crippen molar-refractivity contribution in [1.82, 2.24) is 4.90 Å². The summed E-state index contributed by atoms with van der Waals surface area (Å²) in [6.45, 7) is 3.03. The van der Waals surface area contributed by atoms with E-state index in [0.717, 1.165) is 23.8 Å². The van der Waals surface area contributed by atoms with E-state index in [1.165, 1.54) is 4.90 Å². The first kappa shape index (κ1) is 18.0. The van der Waals surface area contributed by atoms with Crippen molar-refractivity contribution in [2.24, 2.45) is 5.92 Å². The van der Waals surface area contributed by atoms with Gasteiger partial charge in [-0.15, -0.1) is 0 Å². The molecule has 6 heteroatoms. The fourth-order valence-corrected chi connectivity index (χ4v) is 3.23. The Labute approximate surface area is 151 Å². The fourth-order valence-electron chi connectivity index (χ4n) is 3.23. The highest BCUT2D eigenvalue weighted by atomic mass is 19.1. The molecule has 26 heavy (non-hydrogen) atoms. The summed E-state index contributed by atoms with van der Waals surface area (Å²) in [4.78, 5) is 28.4. The summed E-state index contributed by atoms with van der Waals surface area (Å²) in [6, 6.07) is 12.5. The predicted molar refractivity (Wildman–Crippen MR) is 94.4 cm³/mol.